The number of rotatable bonds is 8. The molecule has 44 heavy (non-hydrogen) atoms. The van der Waals surface area contributed by atoms with E-state index in [-0.39, 0.29) is 38.1 Å². The third kappa shape index (κ3) is 6.15. The number of benzene rings is 1. The molecule has 5 amide bonds. The summed E-state index contributed by atoms with van der Waals surface area (Å²) in [5, 5.41) is 18.2. The van der Waals surface area contributed by atoms with Crippen LogP contribution in [0.15, 0.2) is 35.3 Å². The maximum absolute atomic E-state index is 14.3. The number of nitrogens with zero attached hydrogens (tertiary/aromatic N) is 2. The highest BCUT2D eigenvalue weighted by molar-refractivity contribution is 9.10. The number of anilines is 1. The summed E-state index contributed by atoms with van der Waals surface area (Å²) < 4.78 is 6.33. The second kappa shape index (κ2) is 12.1. The molecule has 1 aromatic carbocycles. The maximum Gasteiger partial charge on any atom is 0.408 e. The van der Waals surface area contributed by atoms with E-state index in [4.69, 9.17) is 4.74 Å². The number of hydrogen-bond acceptors (Lipinski definition) is 6. The molecule has 2 saturated carbocycles. The van der Waals surface area contributed by atoms with Crippen LogP contribution < -0.4 is 16.0 Å². The number of carboxylic acids is 1. The number of alkyl carbamates (subject to hydrolysis) is 1. The van der Waals surface area contributed by atoms with Gasteiger partial charge in [0.05, 0.1) is 11.7 Å². The van der Waals surface area contributed by atoms with Crippen molar-refractivity contribution in [3.05, 3.63) is 40.9 Å². The number of likely N-dealkylation sites (tertiary alicyclic amines) is 1. The molecule has 2 heterocycles. The Kier molecular flexibility index (Phi) is 8.71. The first kappa shape index (κ1) is 31.8. The van der Waals surface area contributed by atoms with Crippen LogP contribution in [0.3, 0.4) is 0 Å². The molecule has 0 aromatic heterocycles. The van der Waals surface area contributed by atoms with E-state index >= 15 is 0 Å². The number of nitrogens with one attached hydrogen (secondary N) is 3. The lowest BCUT2D eigenvalue weighted by atomic mass is 9.85. The fraction of sp³-hybridized carbons (Fsp3) is 0.581. The molecule has 2 aliphatic heterocycles. The smallest absolute Gasteiger partial charge is 0.408 e. The van der Waals surface area contributed by atoms with Crippen molar-refractivity contribution < 1.29 is 33.8 Å². The van der Waals surface area contributed by atoms with Crippen LogP contribution in [0.25, 0.3) is 0 Å². The van der Waals surface area contributed by atoms with Crippen molar-refractivity contribution in [2.45, 2.75) is 95.6 Å². The summed E-state index contributed by atoms with van der Waals surface area (Å²) in [6.07, 6.45) is 4.37. The highest BCUT2D eigenvalue weighted by Crippen LogP contribution is 2.45. The lowest BCUT2D eigenvalue weighted by molar-refractivity contribution is -0.146. The molecule has 1 aromatic rings. The molecule has 1 unspecified atom stereocenters. The number of amides is 5. The van der Waals surface area contributed by atoms with Crippen LogP contribution in [0.5, 0.6) is 0 Å². The molecule has 4 aliphatic rings. The molecule has 0 radical (unpaired) electrons. The van der Waals surface area contributed by atoms with Crippen molar-refractivity contribution in [1.29, 1.82) is 0 Å². The van der Waals surface area contributed by atoms with Crippen molar-refractivity contribution in [2.75, 3.05) is 11.9 Å². The molecule has 0 bridgehead atoms. The van der Waals surface area contributed by atoms with Crippen molar-refractivity contribution in [2.24, 2.45) is 11.3 Å². The van der Waals surface area contributed by atoms with Crippen LogP contribution in [0.4, 0.5) is 15.3 Å². The number of urea groups is 1. The molecule has 12 nitrogen and oxygen atoms in total. The summed E-state index contributed by atoms with van der Waals surface area (Å²) in [5.74, 6) is -2.76. The van der Waals surface area contributed by atoms with Gasteiger partial charge in [-0.15, -0.1) is 6.58 Å². The van der Waals surface area contributed by atoms with Crippen LogP contribution in [-0.2, 0) is 25.7 Å². The molecule has 2 aliphatic carbocycles. The molecule has 13 heteroatoms. The van der Waals surface area contributed by atoms with Gasteiger partial charge in [-0.1, -0.05) is 39.0 Å². The number of fused-ring (bicyclic) bond motifs is 1. The Hall–Kier alpha value is -3.61. The largest absolute Gasteiger partial charge is 0.479 e. The second-order valence-corrected chi connectivity index (χ2v) is 14.1. The molecule has 3 fully saturated rings. The number of carbonyl (C=O) groups is 5. The summed E-state index contributed by atoms with van der Waals surface area (Å²) in [5.41, 5.74) is -0.720. The third-order valence-corrected chi connectivity index (χ3v) is 9.88. The van der Waals surface area contributed by atoms with Crippen molar-refractivity contribution >= 4 is 51.5 Å². The van der Waals surface area contributed by atoms with Gasteiger partial charge in [0.2, 0.25) is 11.8 Å². The van der Waals surface area contributed by atoms with E-state index in [0.29, 0.717) is 5.69 Å². The maximum atomic E-state index is 14.3. The second-order valence-electron chi connectivity index (χ2n) is 13.3. The lowest BCUT2D eigenvalue weighted by Crippen LogP contribution is -2.59. The molecular weight excluding hydrogens is 634 g/mol. The predicted molar refractivity (Wildman–Crippen MR) is 165 cm³/mol. The van der Waals surface area contributed by atoms with Gasteiger partial charge in [-0.2, -0.15) is 0 Å². The number of carbonyl (C=O) groups excluding carboxylic acids is 4. The van der Waals surface area contributed by atoms with Gasteiger partial charge < -0.3 is 35.6 Å². The molecule has 1 saturated heterocycles. The van der Waals surface area contributed by atoms with Gasteiger partial charge in [0.25, 0.3) is 0 Å². The van der Waals surface area contributed by atoms with Crippen molar-refractivity contribution in [3.8, 4) is 0 Å². The van der Waals surface area contributed by atoms with Gasteiger partial charge in [-0.05, 0) is 71.5 Å². The summed E-state index contributed by atoms with van der Waals surface area (Å²) in [6.45, 7) is 9.37. The topological polar surface area (TPSA) is 157 Å². The van der Waals surface area contributed by atoms with Gasteiger partial charge in [-0.3, -0.25) is 9.59 Å². The Morgan fingerprint density at radius 2 is 1.93 bits per heavy atom. The zero-order chi connectivity index (χ0) is 32.0. The number of aliphatic carboxylic acids is 1. The molecular formula is C31H40BrN5O7. The monoisotopic (exact) mass is 673 g/mol. The van der Waals surface area contributed by atoms with E-state index in [1.54, 1.807) is 25.7 Å². The minimum Gasteiger partial charge on any atom is -0.479 e. The quantitative estimate of drug-likeness (QED) is 0.304. The standard InChI is InChI=1S/C31H40BrN5O7/c1-5-18-14-31(18,27(40)41)35-25(38)22-13-19(36-15-17-9-8-12-21(32)23(17)33-28(36)42)16-37(22)26(39)24(30(2,3)4)34-29(43)44-20-10-6-7-11-20/h5,8-9,12,18-20,22,24H,1,6-7,10-11,13-16H2,2-4H3,(H,33,42)(H,34,43)(H,35,38)(H,40,41)/t18-,19-,22?,24-,31-/m1/s1. The Bertz CT molecular complexity index is 1370. The van der Waals surface area contributed by atoms with Crippen LogP contribution in [0, 0.1) is 11.3 Å². The molecule has 238 valence electrons. The highest BCUT2D eigenvalue weighted by Gasteiger charge is 2.61. The average Bonchev–Trinajstić information content (AvgIpc) is 3.25. The first-order chi connectivity index (χ1) is 20.7. The Labute approximate surface area is 265 Å². The van der Waals surface area contributed by atoms with Gasteiger partial charge in [0.1, 0.15) is 23.7 Å². The minimum atomic E-state index is -1.49. The summed E-state index contributed by atoms with van der Waals surface area (Å²) >= 11 is 3.47. The molecule has 0 spiro atoms. The Balaban J connectivity index is 1.41. The third-order valence-electron chi connectivity index (χ3n) is 9.22. The van der Waals surface area contributed by atoms with Gasteiger partial charge >= 0.3 is 18.1 Å². The number of hydrogen-bond donors (Lipinski definition) is 4. The number of ether oxygens (including phenoxy) is 1. The van der Waals surface area contributed by atoms with Crippen LogP contribution in [0.1, 0.15) is 64.9 Å². The van der Waals surface area contributed by atoms with Crippen molar-refractivity contribution in [1.82, 2.24) is 20.4 Å². The molecule has 5 rings (SSSR count). The summed E-state index contributed by atoms with van der Waals surface area (Å²) in [7, 11) is 0. The van der Waals surface area contributed by atoms with E-state index in [9.17, 15) is 29.1 Å². The number of carboxylic acid groups (broad SMARTS) is 1. The fourth-order valence-corrected chi connectivity index (χ4v) is 7.05. The minimum absolute atomic E-state index is 0.0184. The molecule has 4 N–H and O–H groups in total. The normalized spacial score (nSPS) is 27.2. The number of para-hydroxylation sites is 1. The van der Waals surface area contributed by atoms with E-state index in [1.165, 1.54) is 11.0 Å². The van der Waals surface area contributed by atoms with Gasteiger partial charge in [0.15, 0.2) is 0 Å². The first-order valence-electron chi connectivity index (χ1n) is 15.1. The lowest BCUT2D eigenvalue weighted by Gasteiger charge is -2.36. The van der Waals surface area contributed by atoms with E-state index in [2.05, 4.69) is 38.5 Å². The van der Waals surface area contributed by atoms with Crippen molar-refractivity contribution in [3.63, 3.8) is 0 Å². The Morgan fingerprint density at radius 1 is 1.23 bits per heavy atom. The van der Waals surface area contributed by atoms with E-state index < -0.39 is 58.9 Å². The SMILES string of the molecule is C=C[C@@H]1C[C@]1(NC(=O)C1C[C@@H](N2Cc3cccc(Br)c3NC2=O)CN1C(=O)[C@@H](NC(=O)OC1CCCC1)C(C)(C)C)C(=O)O. The zero-order valence-electron chi connectivity index (χ0n) is 25.2. The summed E-state index contributed by atoms with van der Waals surface area (Å²) in [6, 6.07) is 2.53. The van der Waals surface area contributed by atoms with Crippen LogP contribution in [-0.4, -0.2) is 81.1 Å². The fourth-order valence-electron chi connectivity index (χ4n) is 6.54. The average molecular weight is 675 g/mol. The highest BCUT2D eigenvalue weighted by atomic mass is 79.9. The van der Waals surface area contributed by atoms with Gasteiger partial charge in [0, 0.05) is 23.5 Å². The molecule has 5 atom stereocenters. The zero-order valence-corrected chi connectivity index (χ0v) is 26.8. The van der Waals surface area contributed by atoms with Crippen LogP contribution in [0.2, 0.25) is 0 Å². The first-order valence-corrected chi connectivity index (χ1v) is 15.8. The predicted octanol–water partition coefficient (Wildman–Crippen LogP) is 4.00. The summed E-state index contributed by atoms with van der Waals surface area (Å²) in [4.78, 5) is 69.4. The number of halogens is 1. The van der Waals surface area contributed by atoms with E-state index in [1.807, 2.05) is 18.2 Å². The van der Waals surface area contributed by atoms with E-state index in [0.717, 1.165) is 35.7 Å². The van der Waals surface area contributed by atoms with Crippen LogP contribution >= 0.6 is 15.9 Å². The Morgan fingerprint density at radius 3 is 2.55 bits per heavy atom. The van der Waals surface area contributed by atoms with Gasteiger partial charge in [-0.25, -0.2) is 14.4 Å².